The molecule has 0 saturated carbocycles. The van der Waals surface area contributed by atoms with Gasteiger partial charge in [0.15, 0.2) is 0 Å². The lowest BCUT2D eigenvalue weighted by molar-refractivity contribution is 0.0696. The van der Waals surface area contributed by atoms with Gasteiger partial charge in [-0.1, -0.05) is 13.8 Å². The predicted octanol–water partition coefficient (Wildman–Crippen LogP) is 2.43. The summed E-state index contributed by atoms with van der Waals surface area (Å²) in [5.41, 5.74) is 0.323. The number of nitrogens with zero attached hydrogens (tertiary/aromatic N) is 2. The zero-order valence-corrected chi connectivity index (χ0v) is 11.9. The number of carboxylic acid groups (broad SMARTS) is 1. The summed E-state index contributed by atoms with van der Waals surface area (Å²) in [5.74, 6) is -0.662. The topological polar surface area (TPSA) is 70.5 Å². The number of carbonyl (C=O) groups is 2. The minimum Gasteiger partial charge on any atom is -0.478 e. The minimum atomic E-state index is -1.04. The number of hydrogen-bond acceptors (Lipinski definition) is 3. The van der Waals surface area contributed by atoms with Gasteiger partial charge in [0.1, 0.15) is 5.69 Å². The fourth-order valence-electron chi connectivity index (χ4n) is 2.72. The Labute approximate surface area is 118 Å². The van der Waals surface area contributed by atoms with Crippen molar-refractivity contribution >= 4 is 11.9 Å². The van der Waals surface area contributed by atoms with E-state index in [2.05, 4.69) is 18.8 Å². The van der Waals surface area contributed by atoms with Crippen molar-refractivity contribution in [2.75, 3.05) is 6.54 Å². The van der Waals surface area contributed by atoms with E-state index in [1.54, 1.807) is 0 Å². The lowest BCUT2D eigenvalue weighted by Gasteiger charge is -2.25. The van der Waals surface area contributed by atoms with E-state index in [1.807, 2.05) is 4.90 Å². The van der Waals surface area contributed by atoms with Gasteiger partial charge in [-0.05, 0) is 37.3 Å². The maximum absolute atomic E-state index is 12.5. The van der Waals surface area contributed by atoms with Crippen LogP contribution >= 0.6 is 0 Å². The highest BCUT2D eigenvalue weighted by Gasteiger charge is 2.30. The first kappa shape index (κ1) is 14.5. The number of amides is 1. The molecule has 1 aromatic heterocycles. The van der Waals surface area contributed by atoms with E-state index in [1.165, 1.54) is 18.3 Å². The van der Waals surface area contributed by atoms with Crippen LogP contribution in [0.3, 0.4) is 0 Å². The van der Waals surface area contributed by atoms with Crippen LogP contribution in [0.2, 0.25) is 0 Å². The number of pyridine rings is 1. The van der Waals surface area contributed by atoms with Gasteiger partial charge >= 0.3 is 5.97 Å². The molecule has 0 radical (unpaired) electrons. The van der Waals surface area contributed by atoms with Crippen molar-refractivity contribution in [3.63, 3.8) is 0 Å². The normalized spacial score (nSPS) is 18.6. The van der Waals surface area contributed by atoms with Crippen molar-refractivity contribution in [3.05, 3.63) is 29.6 Å². The van der Waals surface area contributed by atoms with Gasteiger partial charge in [0.25, 0.3) is 5.91 Å². The van der Waals surface area contributed by atoms with Gasteiger partial charge in [-0.3, -0.25) is 9.78 Å². The molecule has 108 valence electrons. The van der Waals surface area contributed by atoms with E-state index in [9.17, 15) is 9.59 Å². The Morgan fingerprint density at radius 1 is 1.50 bits per heavy atom. The van der Waals surface area contributed by atoms with Gasteiger partial charge in [-0.2, -0.15) is 0 Å². The van der Waals surface area contributed by atoms with Crippen LogP contribution in [0.15, 0.2) is 18.3 Å². The first-order valence-electron chi connectivity index (χ1n) is 6.99. The lowest BCUT2D eigenvalue weighted by atomic mass is 10.0. The molecule has 0 bridgehead atoms. The maximum Gasteiger partial charge on any atom is 0.335 e. The summed E-state index contributed by atoms with van der Waals surface area (Å²) in [7, 11) is 0. The van der Waals surface area contributed by atoms with Gasteiger partial charge < -0.3 is 10.0 Å². The van der Waals surface area contributed by atoms with Crippen molar-refractivity contribution in [1.82, 2.24) is 9.88 Å². The fraction of sp³-hybridized carbons (Fsp3) is 0.533. The molecule has 2 rings (SSSR count). The molecule has 0 spiro atoms. The van der Waals surface area contributed by atoms with Crippen LogP contribution in [-0.4, -0.2) is 39.5 Å². The number of aromatic nitrogens is 1. The average molecular weight is 276 g/mol. The van der Waals surface area contributed by atoms with Gasteiger partial charge in [-0.25, -0.2) is 4.79 Å². The molecule has 1 aromatic rings. The Hall–Kier alpha value is -1.91. The van der Waals surface area contributed by atoms with E-state index in [0.29, 0.717) is 5.92 Å². The molecular formula is C15H20N2O3. The van der Waals surface area contributed by atoms with E-state index < -0.39 is 5.97 Å². The molecule has 1 unspecified atom stereocenters. The molecule has 1 saturated heterocycles. The molecule has 0 aromatic carbocycles. The van der Waals surface area contributed by atoms with Crippen LogP contribution in [0, 0.1) is 5.92 Å². The van der Waals surface area contributed by atoms with Gasteiger partial charge in [-0.15, -0.1) is 0 Å². The molecule has 1 atom stereocenters. The zero-order valence-electron chi connectivity index (χ0n) is 11.9. The SMILES string of the molecule is CC(C)CC1CCCN1C(=O)c1cc(C(=O)O)ccn1. The highest BCUT2D eigenvalue weighted by Crippen LogP contribution is 2.24. The highest BCUT2D eigenvalue weighted by molar-refractivity contribution is 5.96. The lowest BCUT2D eigenvalue weighted by Crippen LogP contribution is -2.36. The number of aromatic carboxylic acids is 1. The number of hydrogen-bond donors (Lipinski definition) is 1. The standard InChI is InChI=1S/C15H20N2O3/c1-10(2)8-12-4-3-7-17(12)14(18)13-9-11(15(19)20)5-6-16-13/h5-6,9-10,12H,3-4,7-8H2,1-2H3,(H,19,20). The van der Waals surface area contributed by atoms with E-state index in [4.69, 9.17) is 5.11 Å². The van der Waals surface area contributed by atoms with Crippen LogP contribution in [0.5, 0.6) is 0 Å². The monoisotopic (exact) mass is 276 g/mol. The van der Waals surface area contributed by atoms with Crippen molar-refractivity contribution < 1.29 is 14.7 Å². The second-order valence-corrected chi connectivity index (χ2v) is 5.66. The second kappa shape index (κ2) is 6.03. The van der Waals surface area contributed by atoms with E-state index >= 15 is 0 Å². The minimum absolute atomic E-state index is 0.1000. The van der Waals surface area contributed by atoms with Crippen LogP contribution in [-0.2, 0) is 0 Å². The Kier molecular flexibility index (Phi) is 4.37. The Bertz CT molecular complexity index is 514. The van der Waals surface area contributed by atoms with Crippen LogP contribution in [0.4, 0.5) is 0 Å². The molecule has 5 heteroatoms. The number of likely N-dealkylation sites (tertiary alicyclic amines) is 1. The number of carboxylic acids is 1. The van der Waals surface area contributed by atoms with Crippen molar-refractivity contribution in [2.24, 2.45) is 5.92 Å². The summed E-state index contributed by atoms with van der Waals surface area (Å²) in [6.45, 7) is 5.02. The first-order valence-corrected chi connectivity index (χ1v) is 6.99. The Balaban J connectivity index is 2.18. The second-order valence-electron chi connectivity index (χ2n) is 5.66. The smallest absolute Gasteiger partial charge is 0.335 e. The molecule has 20 heavy (non-hydrogen) atoms. The summed E-state index contributed by atoms with van der Waals surface area (Å²) in [6, 6.07) is 3.00. The van der Waals surface area contributed by atoms with E-state index in [-0.39, 0.29) is 23.2 Å². The molecule has 5 nitrogen and oxygen atoms in total. The first-order chi connectivity index (χ1) is 9.49. The maximum atomic E-state index is 12.5. The molecule has 1 aliphatic heterocycles. The summed E-state index contributed by atoms with van der Waals surface area (Å²) in [6.07, 6.45) is 4.37. The fourth-order valence-corrected chi connectivity index (χ4v) is 2.72. The number of rotatable bonds is 4. The third-order valence-corrected chi connectivity index (χ3v) is 3.61. The zero-order chi connectivity index (χ0) is 14.7. The predicted molar refractivity (Wildman–Crippen MR) is 74.7 cm³/mol. The van der Waals surface area contributed by atoms with Crippen molar-refractivity contribution in [3.8, 4) is 0 Å². The quantitative estimate of drug-likeness (QED) is 0.917. The van der Waals surface area contributed by atoms with Crippen molar-refractivity contribution in [2.45, 2.75) is 39.2 Å². The Morgan fingerprint density at radius 2 is 2.25 bits per heavy atom. The molecule has 0 aliphatic carbocycles. The molecule has 1 fully saturated rings. The van der Waals surface area contributed by atoms with Crippen LogP contribution < -0.4 is 0 Å². The van der Waals surface area contributed by atoms with Gasteiger partial charge in [0.05, 0.1) is 5.56 Å². The molecule has 1 aliphatic rings. The largest absolute Gasteiger partial charge is 0.478 e. The Morgan fingerprint density at radius 3 is 2.90 bits per heavy atom. The molecule has 1 N–H and O–H groups in total. The van der Waals surface area contributed by atoms with Crippen LogP contribution in [0.1, 0.15) is 54.0 Å². The molecular weight excluding hydrogens is 256 g/mol. The number of carbonyl (C=O) groups excluding carboxylic acids is 1. The summed E-state index contributed by atoms with van der Waals surface area (Å²) < 4.78 is 0. The molecule has 1 amide bonds. The summed E-state index contributed by atoms with van der Waals surface area (Å²) in [5, 5.41) is 8.97. The third-order valence-electron chi connectivity index (χ3n) is 3.61. The highest BCUT2D eigenvalue weighted by atomic mass is 16.4. The van der Waals surface area contributed by atoms with Crippen molar-refractivity contribution in [1.29, 1.82) is 0 Å². The summed E-state index contributed by atoms with van der Waals surface area (Å²) in [4.78, 5) is 29.3. The average Bonchev–Trinajstić information content (AvgIpc) is 2.85. The van der Waals surface area contributed by atoms with Crippen LogP contribution in [0.25, 0.3) is 0 Å². The summed E-state index contributed by atoms with van der Waals surface area (Å²) >= 11 is 0. The molecule has 2 heterocycles. The third kappa shape index (κ3) is 3.15. The van der Waals surface area contributed by atoms with E-state index in [0.717, 1.165) is 25.8 Å². The van der Waals surface area contributed by atoms with Gasteiger partial charge in [0.2, 0.25) is 0 Å². The van der Waals surface area contributed by atoms with Gasteiger partial charge in [0, 0.05) is 18.8 Å².